The molecule has 0 saturated carbocycles. The molecule has 3 saturated heterocycles. The van der Waals surface area contributed by atoms with Crippen molar-refractivity contribution in [2.24, 2.45) is 11.8 Å². The van der Waals surface area contributed by atoms with Crippen LogP contribution in [0.15, 0.2) is 34.5 Å². The Bertz CT molecular complexity index is 1690. The lowest BCUT2D eigenvalue weighted by Crippen LogP contribution is -2.41. The molecule has 3 aromatic rings. The summed E-state index contributed by atoms with van der Waals surface area (Å²) in [7, 11) is -2.77. The average Bonchev–Trinajstić information content (AvgIpc) is 3.71. The minimum absolute atomic E-state index is 0.179. The number of nitrogen functional groups attached to an aromatic ring is 1. The number of rotatable bonds is 10. The molecule has 3 aliphatic rings. The number of piperidine rings is 1. The molecule has 0 aliphatic carbocycles. The van der Waals surface area contributed by atoms with Gasteiger partial charge in [0.1, 0.15) is 48.6 Å². The molecular weight excluding hydrogens is 627 g/mol. The molecule has 5 N–H and O–H groups in total. The Kier molecular flexibility index (Phi) is 9.44. The van der Waals surface area contributed by atoms with Gasteiger partial charge in [-0.3, -0.25) is 28.0 Å². The van der Waals surface area contributed by atoms with Crippen molar-refractivity contribution in [2.75, 3.05) is 39.1 Å². The van der Waals surface area contributed by atoms with E-state index >= 15 is 0 Å². The zero-order valence-electron chi connectivity index (χ0n) is 25.6. The first-order valence-electron chi connectivity index (χ1n) is 15.1. The molecule has 46 heavy (non-hydrogen) atoms. The van der Waals surface area contributed by atoms with Crippen LogP contribution in [0, 0.1) is 11.8 Å². The lowest BCUT2D eigenvalue weighted by atomic mass is 9.94. The molecule has 6 unspecified atom stereocenters. The van der Waals surface area contributed by atoms with E-state index in [-0.39, 0.29) is 30.7 Å². The predicted molar refractivity (Wildman–Crippen MR) is 160 cm³/mol. The van der Waals surface area contributed by atoms with Crippen LogP contribution in [-0.2, 0) is 27.8 Å². The highest BCUT2D eigenvalue weighted by atomic mass is 31.2. The molecule has 0 spiro atoms. The monoisotopic (exact) mass is 666 g/mol. The highest BCUT2D eigenvalue weighted by molar-refractivity contribution is 7.51. The lowest BCUT2D eigenvalue weighted by molar-refractivity contribution is -0.0654. The number of aromatic amines is 1. The molecule has 3 aromatic heterocycles. The van der Waals surface area contributed by atoms with Crippen molar-refractivity contribution in [2.45, 2.75) is 69.7 Å². The van der Waals surface area contributed by atoms with Crippen molar-refractivity contribution in [3.63, 3.8) is 0 Å². The van der Waals surface area contributed by atoms with E-state index < -0.39 is 68.6 Å². The topological polar surface area (TPSA) is 231 Å². The second-order valence-corrected chi connectivity index (χ2v) is 14.1. The van der Waals surface area contributed by atoms with Crippen molar-refractivity contribution < 1.29 is 38.0 Å². The number of aliphatic hydroxyl groups is 2. The smallest absolute Gasteiger partial charge is 0.394 e. The van der Waals surface area contributed by atoms with Crippen LogP contribution in [0.1, 0.15) is 39.1 Å². The number of methoxy groups -OCH3 is 1. The fourth-order valence-electron chi connectivity index (χ4n) is 6.54. The molecule has 0 aromatic carbocycles. The number of H-pyrrole nitrogens is 1. The summed E-state index contributed by atoms with van der Waals surface area (Å²) in [6.45, 7) is 4.15. The first-order chi connectivity index (χ1) is 22.0. The summed E-state index contributed by atoms with van der Waals surface area (Å²) < 4.78 is 49.2. The van der Waals surface area contributed by atoms with Crippen LogP contribution in [-0.4, -0.2) is 108 Å². The second kappa shape index (κ2) is 13.2. The number of ether oxygens (including phenoxy) is 3. The van der Waals surface area contributed by atoms with Gasteiger partial charge in [-0.1, -0.05) is 13.8 Å². The first kappa shape index (κ1) is 32.9. The van der Waals surface area contributed by atoms with E-state index in [1.165, 1.54) is 26.0 Å². The van der Waals surface area contributed by atoms with E-state index in [1.807, 2.05) is 0 Å². The number of nitrogens with two attached hydrogens (primary N) is 1. The Balaban J connectivity index is 1.24. The molecule has 6 rings (SSSR count). The normalized spacial score (nSPS) is 33.5. The Morgan fingerprint density at radius 1 is 1.11 bits per heavy atom. The number of aliphatic hydroxyl groups excluding tert-OH is 2. The highest BCUT2D eigenvalue weighted by Gasteiger charge is 2.50. The van der Waals surface area contributed by atoms with Gasteiger partial charge in [0.05, 0.1) is 19.5 Å². The van der Waals surface area contributed by atoms with E-state index in [4.69, 9.17) is 29.0 Å². The maximum atomic E-state index is 14.8. The Labute approximate surface area is 263 Å². The van der Waals surface area contributed by atoms with E-state index in [2.05, 4.69) is 33.8 Å². The van der Waals surface area contributed by atoms with Crippen LogP contribution in [0.3, 0.4) is 0 Å². The molecule has 19 heteroatoms. The van der Waals surface area contributed by atoms with Crippen LogP contribution in [0.2, 0.25) is 0 Å². The summed E-state index contributed by atoms with van der Waals surface area (Å²) in [6, 6.07) is 1.15. The first-order valence-corrected chi connectivity index (χ1v) is 16.6. The van der Waals surface area contributed by atoms with Crippen LogP contribution in [0.5, 0.6) is 0 Å². The van der Waals surface area contributed by atoms with Gasteiger partial charge in [-0.05, 0) is 18.3 Å². The molecule has 252 valence electrons. The maximum Gasteiger partial charge on any atom is 0.408 e. The standard InChI is InChI=1S/C27H39N8O10P/c1-14-6-15(2)9-33(8-14)46(40,42-11-18-22(38)23(41-3)26(44-18)34-5-4-19(37)32-27(34)39)45-16-7-20(43-17(16)10-36)35-13-31-21-24(28)29-12-30-25(21)35/h4-5,12-18,20,22-23,26,36,38H,6-11H2,1-3H3,(H2,28,29,30)(H,32,37,39)/t14?,15?,16?,17-,18-,20-,22?,23?,26-,46?/m1/s1. The number of aromatic nitrogens is 6. The summed E-state index contributed by atoms with van der Waals surface area (Å²) in [5.74, 6) is 0.588. The van der Waals surface area contributed by atoms with Crippen molar-refractivity contribution in [1.29, 1.82) is 0 Å². The average molecular weight is 667 g/mol. The number of anilines is 1. The highest BCUT2D eigenvalue weighted by Crippen LogP contribution is 2.57. The Hall–Kier alpha value is -3.06. The third-order valence-electron chi connectivity index (χ3n) is 8.63. The number of imidazole rings is 1. The minimum atomic E-state index is -4.12. The molecule has 0 amide bonds. The molecular formula is C27H39N8O10P. The van der Waals surface area contributed by atoms with Crippen molar-refractivity contribution >= 4 is 24.7 Å². The molecule has 0 bridgehead atoms. The molecule has 0 radical (unpaired) electrons. The summed E-state index contributed by atoms with van der Waals surface area (Å²) in [5.41, 5.74) is 5.44. The van der Waals surface area contributed by atoms with E-state index in [0.29, 0.717) is 24.3 Å². The summed E-state index contributed by atoms with van der Waals surface area (Å²) >= 11 is 0. The van der Waals surface area contributed by atoms with Gasteiger partial charge in [-0.2, -0.15) is 0 Å². The van der Waals surface area contributed by atoms with Crippen LogP contribution in [0.4, 0.5) is 5.82 Å². The molecule has 6 heterocycles. The zero-order chi connectivity index (χ0) is 32.7. The Morgan fingerprint density at radius 2 is 1.87 bits per heavy atom. The fraction of sp³-hybridized carbons (Fsp3) is 0.667. The fourth-order valence-corrected chi connectivity index (χ4v) is 8.75. The van der Waals surface area contributed by atoms with Gasteiger partial charge in [0.2, 0.25) is 0 Å². The largest absolute Gasteiger partial charge is 0.408 e. The Morgan fingerprint density at radius 3 is 2.57 bits per heavy atom. The van der Waals surface area contributed by atoms with Gasteiger partial charge < -0.3 is 30.2 Å². The maximum absolute atomic E-state index is 14.8. The van der Waals surface area contributed by atoms with Crippen LogP contribution >= 0.6 is 7.75 Å². The minimum Gasteiger partial charge on any atom is -0.394 e. The predicted octanol–water partition coefficient (Wildman–Crippen LogP) is -0.000400. The van der Waals surface area contributed by atoms with Crippen molar-refractivity contribution in [3.8, 4) is 0 Å². The van der Waals surface area contributed by atoms with Gasteiger partial charge in [-0.25, -0.2) is 29.0 Å². The molecule has 10 atom stereocenters. The lowest BCUT2D eigenvalue weighted by Gasteiger charge is -2.39. The van der Waals surface area contributed by atoms with Crippen LogP contribution < -0.4 is 17.0 Å². The van der Waals surface area contributed by atoms with Gasteiger partial charge >= 0.3 is 13.4 Å². The summed E-state index contributed by atoms with van der Waals surface area (Å²) in [4.78, 5) is 38.7. The van der Waals surface area contributed by atoms with Crippen molar-refractivity contribution in [1.82, 2.24) is 33.7 Å². The molecule has 3 fully saturated rings. The molecule has 18 nitrogen and oxygen atoms in total. The third kappa shape index (κ3) is 6.28. The van der Waals surface area contributed by atoms with E-state index in [0.717, 1.165) is 17.1 Å². The number of hydrogen-bond donors (Lipinski definition) is 4. The number of hydrogen-bond acceptors (Lipinski definition) is 14. The van der Waals surface area contributed by atoms with Gasteiger partial charge in [0.15, 0.2) is 17.7 Å². The second-order valence-electron chi connectivity index (χ2n) is 12.1. The van der Waals surface area contributed by atoms with Gasteiger partial charge in [-0.15, -0.1) is 0 Å². The van der Waals surface area contributed by atoms with Crippen LogP contribution in [0.25, 0.3) is 11.2 Å². The van der Waals surface area contributed by atoms with Gasteiger partial charge in [0, 0.05) is 38.9 Å². The summed E-state index contributed by atoms with van der Waals surface area (Å²) in [5, 5.41) is 21.3. The van der Waals surface area contributed by atoms with E-state index in [1.54, 1.807) is 9.24 Å². The SMILES string of the molecule is COC1C(O)[C@@H](COP(=O)(OC2C[C@H](n3cnc4c(N)ncnc43)O[C@@H]2CO)N2CC(C)CC(C)C2)O[C@H]1n1ccc(=O)[nH]c1=O. The number of nitrogens with zero attached hydrogens (tertiary/aromatic N) is 6. The number of fused-ring (bicyclic) bond motifs is 1. The van der Waals surface area contributed by atoms with Crippen molar-refractivity contribution in [3.05, 3.63) is 45.8 Å². The summed E-state index contributed by atoms with van der Waals surface area (Å²) in [6.07, 6.45) is -1.68. The number of nitrogens with one attached hydrogen (secondary N) is 1. The third-order valence-corrected chi connectivity index (χ3v) is 10.7. The van der Waals surface area contributed by atoms with E-state index in [9.17, 15) is 24.4 Å². The quantitative estimate of drug-likeness (QED) is 0.209. The molecule has 3 aliphatic heterocycles. The zero-order valence-corrected chi connectivity index (χ0v) is 26.5. The van der Waals surface area contributed by atoms with Gasteiger partial charge in [0.25, 0.3) is 5.56 Å².